The monoisotopic (exact) mass is 306 g/mol. The summed E-state index contributed by atoms with van der Waals surface area (Å²) in [6, 6.07) is 1.73. The standard InChI is InChI=1S/C16H26N4O2/c1-11(2)20-9-8-13(19-20)16(22)18-14(10-15(17)21)12-6-4-3-5-7-12/h8-9,11-12,14H,3-7,10H2,1-2H3,(H2,17,21)(H,18,22). The molecule has 1 fully saturated rings. The van der Waals surface area contributed by atoms with Crippen LogP contribution in [0, 0.1) is 5.92 Å². The Kier molecular flexibility index (Phi) is 5.57. The molecule has 0 radical (unpaired) electrons. The van der Waals surface area contributed by atoms with Crippen molar-refractivity contribution in [2.24, 2.45) is 11.7 Å². The molecule has 0 aliphatic heterocycles. The number of nitrogens with two attached hydrogens (primary N) is 1. The third-order valence-electron chi connectivity index (χ3n) is 4.33. The van der Waals surface area contributed by atoms with Crippen LogP contribution in [0.5, 0.6) is 0 Å². The summed E-state index contributed by atoms with van der Waals surface area (Å²) in [6.07, 6.45) is 7.60. The molecular formula is C16H26N4O2. The van der Waals surface area contributed by atoms with Crippen LogP contribution >= 0.6 is 0 Å². The molecule has 1 saturated carbocycles. The molecule has 0 bridgehead atoms. The SMILES string of the molecule is CC(C)n1ccc(C(=O)NC(CC(N)=O)C2CCCCC2)n1. The first-order chi connectivity index (χ1) is 10.5. The molecule has 2 rings (SSSR count). The number of carbonyl (C=O) groups is 2. The minimum atomic E-state index is -0.372. The van der Waals surface area contributed by atoms with Gasteiger partial charge in [-0.25, -0.2) is 0 Å². The Bertz CT molecular complexity index is 518. The highest BCUT2D eigenvalue weighted by atomic mass is 16.2. The minimum Gasteiger partial charge on any atom is -0.370 e. The third-order valence-corrected chi connectivity index (χ3v) is 4.33. The Hall–Kier alpha value is -1.85. The summed E-state index contributed by atoms with van der Waals surface area (Å²) in [5.41, 5.74) is 5.74. The van der Waals surface area contributed by atoms with Crippen molar-refractivity contribution >= 4 is 11.8 Å². The van der Waals surface area contributed by atoms with Crippen LogP contribution in [-0.4, -0.2) is 27.6 Å². The Morgan fingerprint density at radius 3 is 2.59 bits per heavy atom. The highest BCUT2D eigenvalue weighted by Crippen LogP contribution is 2.27. The van der Waals surface area contributed by atoms with Gasteiger partial charge in [-0.1, -0.05) is 19.3 Å². The molecule has 1 unspecified atom stereocenters. The molecule has 3 N–H and O–H groups in total. The van der Waals surface area contributed by atoms with Crippen molar-refractivity contribution in [3.05, 3.63) is 18.0 Å². The molecule has 1 heterocycles. The Labute approximate surface area is 131 Å². The van der Waals surface area contributed by atoms with E-state index in [0.29, 0.717) is 11.6 Å². The molecule has 6 heteroatoms. The second-order valence-electron chi connectivity index (χ2n) is 6.42. The average molecular weight is 306 g/mol. The van der Waals surface area contributed by atoms with E-state index in [2.05, 4.69) is 10.4 Å². The van der Waals surface area contributed by atoms with E-state index in [9.17, 15) is 9.59 Å². The van der Waals surface area contributed by atoms with E-state index < -0.39 is 0 Å². The lowest BCUT2D eigenvalue weighted by atomic mass is 9.82. The lowest BCUT2D eigenvalue weighted by Gasteiger charge is -2.30. The normalized spacial score (nSPS) is 17.4. The number of amides is 2. The Balaban J connectivity index is 2.04. The van der Waals surface area contributed by atoms with Crippen molar-refractivity contribution in [3.63, 3.8) is 0 Å². The zero-order valence-electron chi connectivity index (χ0n) is 13.4. The molecule has 1 aliphatic rings. The molecule has 1 aliphatic carbocycles. The van der Waals surface area contributed by atoms with Crippen LogP contribution in [0.2, 0.25) is 0 Å². The van der Waals surface area contributed by atoms with Gasteiger partial charge < -0.3 is 11.1 Å². The summed E-state index contributed by atoms with van der Waals surface area (Å²) < 4.78 is 1.75. The van der Waals surface area contributed by atoms with Gasteiger partial charge in [-0.2, -0.15) is 5.10 Å². The molecule has 6 nitrogen and oxygen atoms in total. The van der Waals surface area contributed by atoms with Gasteiger partial charge in [0.05, 0.1) is 0 Å². The molecule has 0 aromatic carbocycles. The van der Waals surface area contributed by atoms with Gasteiger partial charge in [-0.15, -0.1) is 0 Å². The van der Waals surface area contributed by atoms with Gasteiger partial charge in [0.2, 0.25) is 5.91 Å². The number of hydrogen-bond acceptors (Lipinski definition) is 3. The minimum absolute atomic E-state index is 0.186. The molecule has 1 atom stereocenters. The zero-order chi connectivity index (χ0) is 16.1. The number of carbonyl (C=O) groups excluding carboxylic acids is 2. The molecule has 122 valence electrons. The summed E-state index contributed by atoms with van der Waals surface area (Å²) >= 11 is 0. The quantitative estimate of drug-likeness (QED) is 0.842. The van der Waals surface area contributed by atoms with Crippen LogP contribution in [0.1, 0.15) is 68.9 Å². The van der Waals surface area contributed by atoms with Crippen molar-refractivity contribution in [1.82, 2.24) is 15.1 Å². The number of hydrogen-bond donors (Lipinski definition) is 2. The second-order valence-corrected chi connectivity index (χ2v) is 6.42. The fourth-order valence-electron chi connectivity index (χ4n) is 3.08. The molecule has 0 spiro atoms. The molecule has 22 heavy (non-hydrogen) atoms. The van der Waals surface area contributed by atoms with Crippen molar-refractivity contribution in [1.29, 1.82) is 0 Å². The lowest BCUT2D eigenvalue weighted by Crippen LogP contribution is -2.43. The number of nitrogens with zero attached hydrogens (tertiary/aromatic N) is 2. The summed E-state index contributed by atoms with van der Waals surface area (Å²) in [5, 5.41) is 7.25. The van der Waals surface area contributed by atoms with Gasteiger partial charge in [0.15, 0.2) is 0 Å². The topological polar surface area (TPSA) is 90.0 Å². The van der Waals surface area contributed by atoms with E-state index in [1.807, 2.05) is 13.8 Å². The van der Waals surface area contributed by atoms with E-state index in [-0.39, 0.29) is 30.3 Å². The first-order valence-electron chi connectivity index (χ1n) is 8.11. The van der Waals surface area contributed by atoms with Crippen LogP contribution < -0.4 is 11.1 Å². The molecule has 0 saturated heterocycles. The number of nitrogens with one attached hydrogen (secondary N) is 1. The van der Waals surface area contributed by atoms with E-state index in [1.54, 1.807) is 16.9 Å². The lowest BCUT2D eigenvalue weighted by molar-refractivity contribution is -0.118. The number of aromatic nitrogens is 2. The van der Waals surface area contributed by atoms with Crippen LogP contribution in [-0.2, 0) is 4.79 Å². The predicted molar refractivity (Wildman–Crippen MR) is 84.3 cm³/mol. The first kappa shape index (κ1) is 16.5. The largest absolute Gasteiger partial charge is 0.370 e. The van der Waals surface area contributed by atoms with Gasteiger partial charge in [-0.3, -0.25) is 14.3 Å². The van der Waals surface area contributed by atoms with Crippen LogP contribution in [0.25, 0.3) is 0 Å². The molecule has 1 aromatic heterocycles. The fourth-order valence-corrected chi connectivity index (χ4v) is 3.08. The third kappa shape index (κ3) is 4.32. The highest BCUT2D eigenvalue weighted by Gasteiger charge is 2.27. The second kappa shape index (κ2) is 7.42. The molecule has 2 amide bonds. The summed E-state index contributed by atoms with van der Waals surface area (Å²) in [7, 11) is 0. The Morgan fingerprint density at radius 2 is 2.05 bits per heavy atom. The van der Waals surface area contributed by atoms with Gasteiger partial charge in [-0.05, 0) is 38.7 Å². The van der Waals surface area contributed by atoms with Gasteiger partial charge in [0.1, 0.15) is 5.69 Å². The van der Waals surface area contributed by atoms with Crippen LogP contribution in [0.15, 0.2) is 12.3 Å². The molecule has 1 aromatic rings. The maximum Gasteiger partial charge on any atom is 0.272 e. The smallest absolute Gasteiger partial charge is 0.272 e. The van der Waals surface area contributed by atoms with Crippen molar-refractivity contribution < 1.29 is 9.59 Å². The van der Waals surface area contributed by atoms with Gasteiger partial charge >= 0.3 is 0 Å². The predicted octanol–water partition coefficient (Wildman–Crippen LogP) is 2.02. The maximum atomic E-state index is 12.4. The van der Waals surface area contributed by atoms with Crippen molar-refractivity contribution in [2.45, 2.75) is 64.5 Å². The number of rotatable bonds is 6. The fraction of sp³-hybridized carbons (Fsp3) is 0.688. The van der Waals surface area contributed by atoms with E-state index >= 15 is 0 Å². The number of primary amides is 1. The van der Waals surface area contributed by atoms with E-state index in [1.165, 1.54) is 6.42 Å². The van der Waals surface area contributed by atoms with Gasteiger partial charge in [0, 0.05) is 24.7 Å². The van der Waals surface area contributed by atoms with Crippen molar-refractivity contribution in [3.8, 4) is 0 Å². The summed E-state index contributed by atoms with van der Waals surface area (Å²) in [6.45, 7) is 4.01. The van der Waals surface area contributed by atoms with Crippen LogP contribution in [0.4, 0.5) is 0 Å². The zero-order valence-corrected chi connectivity index (χ0v) is 13.4. The Morgan fingerprint density at radius 1 is 1.36 bits per heavy atom. The maximum absolute atomic E-state index is 12.4. The summed E-state index contributed by atoms with van der Waals surface area (Å²) in [5.74, 6) is -0.266. The van der Waals surface area contributed by atoms with E-state index in [0.717, 1.165) is 25.7 Å². The highest BCUT2D eigenvalue weighted by molar-refractivity contribution is 5.92. The first-order valence-corrected chi connectivity index (χ1v) is 8.11. The molecular weight excluding hydrogens is 280 g/mol. The average Bonchev–Trinajstić information content (AvgIpc) is 2.97. The van der Waals surface area contributed by atoms with E-state index in [4.69, 9.17) is 5.73 Å². The summed E-state index contributed by atoms with van der Waals surface area (Å²) in [4.78, 5) is 23.7. The van der Waals surface area contributed by atoms with Crippen molar-refractivity contribution in [2.75, 3.05) is 0 Å². The van der Waals surface area contributed by atoms with Gasteiger partial charge in [0.25, 0.3) is 5.91 Å². The van der Waals surface area contributed by atoms with Crippen LogP contribution in [0.3, 0.4) is 0 Å².